The minimum absolute atomic E-state index is 0.00260. The minimum atomic E-state index is -3.02. The van der Waals surface area contributed by atoms with Gasteiger partial charge in [-0.05, 0) is 57.4 Å². The molecule has 0 aliphatic carbocycles. The van der Waals surface area contributed by atoms with Gasteiger partial charge in [0.25, 0.3) is 5.91 Å². The van der Waals surface area contributed by atoms with Crippen LogP contribution in [-0.4, -0.2) is 49.6 Å². The smallest absolute Gasteiger partial charge is 0.387 e. The largest absolute Gasteiger partial charge is 0.433 e. The van der Waals surface area contributed by atoms with Gasteiger partial charge in [-0.15, -0.1) is 0 Å². The first-order chi connectivity index (χ1) is 16.5. The molecule has 2 aromatic heterocycles. The monoisotopic (exact) mass is 510 g/mol. The molecule has 188 valence electrons. The van der Waals surface area contributed by atoms with Gasteiger partial charge in [0.1, 0.15) is 44.9 Å². The standard InChI is InChI=1S/C22H25F3N6O3S/c1-21(12-35(33)22(2,19(26)31-21)9-3-4-10-28-35)17-14(23)6-8-16(29-17)30-18(32)15-7-5-13(11-27-15)34-20(24)25/h5-8,11,20H,3-4,9-10,12H2,1-2H3,(H2,26,31)(H,29,30,32). The summed E-state index contributed by atoms with van der Waals surface area (Å²) in [6.45, 7) is 0.785. The molecule has 0 radical (unpaired) electrons. The molecular formula is C22H25F3N6O3S. The van der Waals surface area contributed by atoms with E-state index in [1.165, 1.54) is 18.2 Å². The lowest BCUT2D eigenvalue weighted by Crippen LogP contribution is -2.56. The third kappa shape index (κ3) is 4.68. The van der Waals surface area contributed by atoms with E-state index in [2.05, 4.69) is 29.4 Å². The summed E-state index contributed by atoms with van der Waals surface area (Å²) >= 11 is 0. The Morgan fingerprint density at radius 2 is 2.00 bits per heavy atom. The number of hydrogen-bond acceptors (Lipinski definition) is 8. The summed E-state index contributed by atoms with van der Waals surface area (Å²) in [4.78, 5) is 25.2. The quantitative estimate of drug-likeness (QED) is 0.633. The lowest BCUT2D eigenvalue weighted by molar-refractivity contribution is -0.0500. The number of alkyl halides is 2. The molecular weight excluding hydrogens is 485 g/mol. The van der Waals surface area contributed by atoms with Crippen molar-refractivity contribution < 1.29 is 26.9 Å². The SMILES string of the molecule is CC1(c2nc(NC(=O)c3ccc(OC(F)F)cn3)ccc2F)CS2(=O)=NCCCCC2(C)C(N)=N1. The highest BCUT2D eigenvalue weighted by Gasteiger charge is 2.51. The highest BCUT2D eigenvalue weighted by atomic mass is 32.2. The van der Waals surface area contributed by atoms with Gasteiger partial charge in [-0.25, -0.2) is 22.9 Å². The van der Waals surface area contributed by atoms with Crippen molar-refractivity contribution in [1.29, 1.82) is 0 Å². The maximum Gasteiger partial charge on any atom is 0.387 e. The van der Waals surface area contributed by atoms with E-state index in [-0.39, 0.29) is 34.5 Å². The van der Waals surface area contributed by atoms with Crippen LogP contribution in [0.5, 0.6) is 5.75 Å². The zero-order chi connectivity index (χ0) is 25.4. The maximum absolute atomic E-state index is 15.0. The number of anilines is 1. The molecule has 0 saturated carbocycles. The highest BCUT2D eigenvalue weighted by molar-refractivity contribution is 7.95. The van der Waals surface area contributed by atoms with Crippen molar-refractivity contribution in [3.8, 4) is 5.75 Å². The Bertz CT molecular complexity index is 1300. The fourth-order valence-electron chi connectivity index (χ4n) is 4.26. The predicted octanol–water partition coefficient (Wildman–Crippen LogP) is 3.47. The number of aromatic nitrogens is 2. The Morgan fingerprint density at radius 1 is 1.23 bits per heavy atom. The first-order valence-corrected chi connectivity index (χ1v) is 12.6. The molecule has 0 bridgehead atoms. The summed E-state index contributed by atoms with van der Waals surface area (Å²) in [5, 5.41) is 2.49. The third-order valence-corrected chi connectivity index (χ3v) is 9.62. The Kier molecular flexibility index (Phi) is 6.47. The van der Waals surface area contributed by atoms with Crippen molar-refractivity contribution in [3.05, 3.63) is 47.7 Å². The second-order valence-electron chi connectivity index (χ2n) is 8.84. The molecule has 3 atom stereocenters. The fourth-order valence-corrected chi connectivity index (χ4v) is 7.18. The van der Waals surface area contributed by atoms with E-state index in [0.717, 1.165) is 25.1 Å². The van der Waals surface area contributed by atoms with Crippen LogP contribution in [0.1, 0.15) is 49.3 Å². The highest BCUT2D eigenvalue weighted by Crippen LogP contribution is 2.41. The molecule has 2 aliphatic rings. The molecule has 4 rings (SSSR count). The molecule has 2 aromatic rings. The van der Waals surface area contributed by atoms with Gasteiger partial charge in [-0.3, -0.25) is 9.79 Å². The topological polar surface area (TPSA) is 132 Å². The molecule has 35 heavy (non-hydrogen) atoms. The number of pyridine rings is 2. The molecule has 0 fully saturated rings. The number of nitrogens with one attached hydrogen (secondary N) is 1. The molecule has 3 unspecified atom stereocenters. The number of fused-ring (bicyclic) bond motifs is 1. The molecule has 13 heteroatoms. The van der Waals surface area contributed by atoms with Gasteiger partial charge >= 0.3 is 6.61 Å². The maximum atomic E-state index is 15.0. The van der Waals surface area contributed by atoms with E-state index in [1.807, 2.05) is 0 Å². The molecule has 1 amide bonds. The molecule has 2 aliphatic heterocycles. The molecule has 3 N–H and O–H groups in total. The molecule has 0 spiro atoms. The van der Waals surface area contributed by atoms with Gasteiger partial charge in [-0.2, -0.15) is 8.78 Å². The van der Waals surface area contributed by atoms with Crippen LogP contribution >= 0.6 is 0 Å². The number of ether oxygens (including phenoxy) is 1. The number of aliphatic imine (C=N–C) groups is 1. The van der Waals surface area contributed by atoms with Gasteiger partial charge in [0.15, 0.2) is 0 Å². The summed E-state index contributed by atoms with van der Waals surface area (Å²) in [5.41, 5.74) is 4.71. The van der Waals surface area contributed by atoms with Gasteiger partial charge < -0.3 is 15.8 Å². The number of carbonyl (C=O) groups is 1. The second kappa shape index (κ2) is 9.10. The second-order valence-corrected chi connectivity index (χ2v) is 11.6. The number of hydrogen-bond donors (Lipinski definition) is 2. The fraction of sp³-hybridized carbons (Fsp3) is 0.455. The summed E-state index contributed by atoms with van der Waals surface area (Å²) < 4.78 is 61.3. The summed E-state index contributed by atoms with van der Waals surface area (Å²) in [6.07, 6.45) is 3.14. The van der Waals surface area contributed by atoms with Crippen LogP contribution in [0.4, 0.5) is 19.0 Å². The van der Waals surface area contributed by atoms with Crippen LogP contribution in [0.15, 0.2) is 39.8 Å². The molecule has 4 heterocycles. The number of amides is 1. The van der Waals surface area contributed by atoms with E-state index in [9.17, 15) is 22.2 Å². The number of rotatable bonds is 5. The van der Waals surface area contributed by atoms with Crippen molar-refractivity contribution in [2.24, 2.45) is 15.1 Å². The minimum Gasteiger partial charge on any atom is -0.433 e. The molecule has 0 saturated heterocycles. The van der Waals surface area contributed by atoms with Crippen molar-refractivity contribution in [3.63, 3.8) is 0 Å². The summed E-state index contributed by atoms with van der Waals surface area (Å²) in [5.74, 6) is -1.53. The first kappa shape index (κ1) is 24.9. The normalized spacial score (nSPS) is 28.3. The van der Waals surface area contributed by atoms with Crippen LogP contribution in [0.25, 0.3) is 0 Å². The van der Waals surface area contributed by atoms with E-state index >= 15 is 0 Å². The van der Waals surface area contributed by atoms with Crippen LogP contribution in [0.3, 0.4) is 0 Å². The Balaban J connectivity index is 1.64. The zero-order valence-corrected chi connectivity index (χ0v) is 19.9. The Morgan fingerprint density at radius 3 is 2.69 bits per heavy atom. The van der Waals surface area contributed by atoms with Crippen LogP contribution < -0.4 is 15.8 Å². The van der Waals surface area contributed by atoms with E-state index in [1.54, 1.807) is 13.8 Å². The lowest BCUT2D eigenvalue weighted by atomic mass is 9.96. The molecule has 0 aromatic carbocycles. The van der Waals surface area contributed by atoms with Crippen molar-refractivity contribution in [1.82, 2.24) is 9.97 Å². The number of nitrogens with zero attached hydrogens (tertiary/aromatic N) is 4. The van der Waals surface area contributed by atoms with Gasteiger partial charge in [0.05, 0.1) is 21.7 Å². The van der Waals surface area contributed by atoms with Crippen LogP contribution in [0, 0.1) is 5.82 Å². The predicted molar refractivity (Wildman–Crippen MR) is 125 cm³/mol. The number of nitrogens with two attached hydrogens (primary N) is 1. The van der Waals surface area contributed by atoms with Crippen molar-refractivity contribution in [2.75, 3.05) is 17.6 Å². The average Bonchev–Trinajstić information content (AvgIpc) is 2.93. The Hall–Kier alpha value is -3.22. The van der Waals surface area contributed by atoms with Crippen molar-refractivity contribution in [2.45, 2.75) is 50.0 Å². The van der Waals surface area contributed by atoms with Crippen LogP contribution in [-0.2, 0) is 15.3 Å². The zero-order valence-electron chi connectivity index (χ0n) is 19.1. The lowest BCUT2D eigenvalue weighted by Gasteiger charge is -2.41. The average molecular weight is 511 g/mol. The number of halogens is 3. The van der Waals surface area contributed by atoms with Crippen LogP contribution in [0.2, 0.25) is 0 Å². The molecule has 9 nitrogen and oxygen atoms in total. The number of amidine groups is 1. The third-order valence-electron chi connectivity index (χ3n) is 6.24. The van der Waals surface area contributed by atoms with Gasteiger partial charge in [0, 0.05) is 6.54 Å². The Labute approximate surface area is 200 Å². The van der Waals surface area contributed by atoms with Gasteiger partial charge in [0.2, 0.25) is 0 Å². The number of carbonyl (C=O) groups excluding carboxylic acids is 1. The van der Waals surface area contributed by atoms with E-state index in [0.29, 0.717) is 13.0 Å². The van der Waals surface area contributed by atoms with Gasteiger partial charge in [-0.1, -0.05) is 0 Å². The van der Waals surface area contributed by atoms with Crippen molar-refractivity contribution >= 4 is 27.3 Å². The van der Waals surface area contributed by atoms with E-state index < -0.39 is 38.4 Å². The summed E-state index contributed by atoms with van der Waals surface area (Å²) in [7, 11) is -2.88. The summed E-state index contributed by atoms with van der Waals surface area (Å²) in [6, 6.07) is 4.74. The van der Waals surface area contributed by atoms with E-state index in [4.69, 9.17) is 5.73 Å². The first-order valence-electron chi connectivity index (χ1n) is 10.9.